The number of hydrogen-bond acceptors (Lipinski definition) is 4. The molecule has 0 saturated carbocycles. The molecule has 5 nitrogen and oxygen atoms in total. The van der Waals surface area contributed by atoms with E-state index in [4.69, 9.17) is 9.15 Å². The summed E-state index contributed by atoms with van der Waals surface area (Å²) in [7, 11) is 0. The SMILES string of the molecule is O=C(COC(=O)c1ccc(-c2ccccc2F)o1)NCCCc1ccccc1. The lowest BCUT2D eigenvalue weighted by atomic mass is 10.1. The molecule has 1 amide bonds. The molecule has 0 bridgehead atoms. The lowest BCUT2D eigenvalue weighted by Crippen LogP contribution is -2.29. The number of rotatable bonds is 8. The molecule has 3 rings (SSSR count). The van der Waals surface area contributed by atoms with Crippen LogP contribution in [0.15, 0.2) is 71.1 Å². The quantitative estimate of drug-likeness (QED) is 0.473. The van der Waals surface area contributed by atoms with Gasteiger partial charge in [-0.2, -0.15) is 0 Å². The van der Waals surface area contributed by atoms with E-state index in [-0.39, 0.29) is 23.0 Å². The molecule has 0 radical (unpaired) electrons. The maximum Gasteiger partial charge on any atom is 0.374 e. The zero-order valence-corrected chi connectivity index (χ0v) is 15.2. The Morgan fingerprint density at radius 2 is 1.71 bits per heavy atom. The molecule has 0 saturated heterocycles. The largest absolute Gasteiger partial charge is 0.450 e. The maximum absolute atomic E-state index is 13.8. The van der Waals surface area contributed by atoms with Gasteiger partial charge < -0.3 is 14.5 Å². The third-order valence-electron chi connectivity index (χ3n) is 4.09. The number of esters is 1. The molecule has 3 aromatic rings. The van der Waals surface area contributed by atoms with Gasteiger partial charge in [-0.15, -0.1) is 0 Å². The van der Waals surface area contributed by atoms with Crippen molar-refractivity contribution in [1.82, 2.24) is 5.32 Å². The number of halogens is 1. The molecule has 0 fully saturated rings. The van der Waals surface area contributed by atoms with Gasteiger partial charge in [0.15, 0.2) is 6.61 Å². The Bertz CT molecular complexity index is 936. The highest BCUT2D eigenvalue weighted by Crippen LogP contribution is 2.25. The molecule has 1 aromatic heterocycles. The van der Waals surface area contributed by atoms with Crippen molar-refractivity contribution in [2.45, 2.75) is 12.8 Å². The van der Waals surface area contributed by atoms with Crippen LogP contribution < -0.4 is 5.32 Å². The average molecular weight is 381 g/mol. The van der Waals surface area contributed by atoms with Crippen molar-refractivity contribution >= 4 is 11.9 Å². The number of amides is 1. The van der Waals surface area contributed by atoms with Crippen LogP contribution in [0.5, 0.6) is 0 Å². The summed E-state index contributed by atoms with van der Waals surface area (Å²) in [5.74, 6) is -1.48. The minimum Gasteiger partial charge on any atom is -0.450 e. The van der Waals surface area contributed by atoms with Crippen LogP contribution in [0.25, 0.3) is 11.3 Å². The Hall–Kier alpha value is -3.41. The first-order valence-electron chi connectivity index (χ1n) is 8.96. The second kappa shape index (κ2) is 9.50. The molecule has 1 heterocycles. The van der Waals surface area contributed by atoms with Crippen LogP contribution in [0, 0.1) is 5.82 Å². The number of ether oxygens (including phenoxy) is 1. The standard InChI is InChI=1S/C22H20FNO4/c23-18-11-5-4-10-17(18)19-12-13-20(28-19)22(26)27-15-21(25)24-14-6-9-16-7-2-1-3-8-16/h1-5,7-8,10-13H,6,9,14-15H2,(H,24,25). The summed E-state index contributed by atoms with van der Waals surface area (Å²) in [5, 5.41) is 2.70. The van der Waals surface area contributed by atoms with Crippen LogP contribution in [0.1, 0.15) is 22.5 Å². The van der Waals surface area contributed by atoms with E-state index >= 15 is 0 Å². The zero-order valence-electron chi connectivity index (χ0n) is 15.2. The van der Waals surface area contributed by atoms with E-state index < -0.39 is 18.4 Å². The lowest BCUT2D eigenvalue weighted by Gasteiger charge is -2.06. The van der Waals surface area contributed by atoms with Crippen molar-refractivity contribution in [3.05, 3.63) is 83.9 Å². The maximum atomic E-state index is 13.8. The highest BCUT2D eigenvalue weighted by Gasteiger charge is 2.16. The Morgan fingerprint density at radius 3 is 2.50 bits per heavy atom. The number of furan rings is 1. The predicted octanol–water partition coefficient (Wildman–Crippen LogP) is 3.99. The summed E-state index contributed by atoms with van der Waals surface area (Å²) in [6.07, 6.45) is 1.64. The summed E-state index contributed by atoms with van der Waals surface area (Å²) in [5.41, 5.74) is 1.45. The van der Waals surface area contributed by atoms with E-state index in [0.717, 1.165) is 12.8 Å². The number of nitrogens with one attached hydrogen (secondary N) is 1. The minimum absolute atomic E-state index is 0.0878. The first-order valence-corrected chi connectivity index (χ1v) is 8.96. The van der Waals surface area contributed by atoms with Crippen LogP contribution in [0.2, 0.25) is 0 Å². The van der Waals surface area contributed by atoms with Gasteiger partial charge >= 0.3 is 5.97 Å². The van der Waals surface area contributed by atoms with E-state index in [1.54, 1.807) is 18.2 Å². The molecule has 6 heteroatoms. The third-order valence-corrected chi connectivity index (χ3v) is 4.09. The molecule has 0 spiro atoms. The number of benzene rings is 2. The van der Waals surface area contributed by atoms with Gasteiger partial charge in [-0.1, -0.05) is 42.5 Å². The Morgan fingerprint density at radius 1 is 0.964 bits per heavy atom. The molecular formula is C22H20FNO4. The molecule has 0 aliphatic rings. The Kier molecular flexibility index (Phi) is 6.57. The van der Waals surface area contributed by atoms with Gasteiger partial charge in [0.1, 0.15) is 11.6 Å². The number of carbonyl (C=O) groups excluding carboxylic acids is 2. The van der Waals surface area contributed by atoms with E-state index in [0.29, 0.717) is 6.54 Å². The van der Waals surface area contributed by atoms with Gasteiger partial charge in [-0.25, -0.2) is 9.18 Å². The van der Waals surface area contributed by atoms with E-state index in [9.17, 15) is 14.0 Å². The van der Waals surface area contributed by atoms with E-state index in [1.807, 2.05) is 30.3 Å². The first kappa shape index (κ1) is 19.4. The van der Waals surface area contributed by atoms with E-state index in [2.05, 4.69) is 5.32 Å². The van der Waals surface area contributed by atoms with Crippen molar-refractivity contribution in [2.75, 3.05) is 13.2 Å². The van der Waals surface area contributed by atoms with Gasteiger partial charge in [0.05, 0.1) is 5.56 Å². The summed E-state index contributed by atoms with van der Waals surface area (Å²) >= 11 is 0. The molecule has 0 atom stereocenters. The van der Waals surface area contributed by atoms with Crippen LogP contribution in [0.3, 0.4) is 0 Å². The molecule has 0 aliphatic carbocycles. The van der Waals surface area contributed by atoms with Gasteiger partial charge in [0.2, 0.25) is 5.76 Å². The summed E-state index contributed by atoms with van der Waals surface area (Å²) in [4.78, 5) is 23.8. The summed E-state index contributed by atoms with van der Waals surface area (Å²) < 4.78 is 24.1. The minimum atomic E-state index is -0.776. The monoisotopic (exact) mass is 381 g/mol. The third kappa shape index (κ3) is 5.30. The molecule has 0 aliphatic heterocycles. The number of hydrogen-bond donors (Lipinski definition) is 1. The summed E-state index contributed by atoms with van der Waals surface area (Å²) in [6.45, 7) is 0.0867. The highest BCUT2D eigenvalue weighted by atomic mass is 19.1. The lowest BCUT2D eigenvalue weighted by molar-refractivity contribution is -0.124. The molecular weight excluding hydrogens is 361 g/mol. The molecule has 0 unspecified atom stereocenters. The van der Waals surface area contributed by atoms with Gasteiger partial charge in [-0.05, 0) is 42.7 Å². The molecule has 28 heavy (non-hydrogen) atoms. The highest BCUT2D eigenvalue weighted by molar-refractivity contribution is 5.89. The summed E-state index contributed by atoms with van der Waals surface area (Å²) in [6, 6.07) is 18.9. The first-order chi connectivity index (χ1) is 13.6. The van der Waals surface area contributed by atoms with Gasteiger partial charge in [-0.3, -0.25) is 4.79 Å². The van der Waals surface area contributed by atoms with Crippen LogP contribution in [-0.4, -0.2) is 25.0 Å². The van der Waals surface area contributed by atoms with Crippen molar-refractivity contribution in [3.63, 3.8) is 0 Å². The molecule has 1 N–H and O–H groups in total. The van der Waals surface area contributed by atoms with Crippen molar-refractivity contribution < 1.29 is 23.1 Å². The van der Waals surface area contributed by atoms with Crippen molar-refractivity contribution in [2.24, 2.45) is 0 Å². The normalized spacial score (nSPS) is 10.5. The second-order valence-corrected chi connectivity index (χ2v) is 6.16. The van der Waals surface area contributed by atoms with Crippen LogP contribution >= 0.6 is 0 Å². The van der Waals surface area contributed by atoms with Crippen molar-refractivity contribution in [1.29, 1.82) is 0 Å². The van der Waals surface area contributed by atoms with Gasteiger partial charge in [0, 0.05) is 6.54 Å². The smallest absolute Gasteiger partial charge is 0.374 e. The molecule has 144 valence electrons. The number of aryl methyl sites for hydroxylation is 1. The zero-order chi connectivity index (χ0) is 19.8. The number of carbonyl (C=O) groups is 2. The van der Waals surface area contributed by atoms with Gasteiger partial charge in [0.25, 0.3) is 5.91 Å². The fourth-order valence-electron chi connectivity index (χ4n) is 2.67. The van der Waals surface area contributed by atoms with Crippen LogP contribution in [0.4, 0.5) is 4.39 Å². The fraction of sp³-hybridized carbons (Fsp3) is 0.182. The molecule has 2 aromatic carbocycles. The topological polar surface area (TPSA) is 68.5 Å². The fourth-order valence-corrected chi connectivity index (χ4v) is 2.67. The van der Waals surface area contributed by atoms with Crippen LogP contribution in [-0.2, 0) is 16.0 Å². The van der Waals surface area contributed by atoms with E-state index in [1.165, 1.54) is 23.8 Å². The predicted molar refractivity (Wildman–Crippen MR) is 102 cm³/mol. The Labute approximate surface area is 162 Å². The average Bonchev–Trinajstić information content (AvgIpc) is 3.20. The Balaban J connectivity index is 1.41. The van der Waals surface area contributed by atoms with Crippen molar-refractivity contribution in [3.8, 4) is 11.3 Å². The second-order valence-electron chi connectivity index (χ2n) is 6.16.